The highest BCUT2D eigenvalue weighted by Crippen LogP contribution is 2.32. The van der Waals surface area contributed by atoms with Crippen LogP contribution in [0.3, 0.4) is 0 Å². The lowest BCUT2D eigenvalue weighted by atomic mass is 10.1. The Hall–Kier alpha value is -2.76. The largest absolute Gasteiger partial charge is 0.340 e. The van der Waals surface area contributed by atoms with Gasteiger partial charge in [-0.25, -0.2) is 15.0 Å². The molecule has 0 amide bonds. The molecule has 0 spiro atoms. The quantitative estimate of drug-likeness (QED) is 0.747. The average Bonchev–Trinajstić information content (AvgIpc) is 3.37. The molecule has 0 radical (unpaired) electrons. The second kappa shape index (κ2) is 7.23. The normalized spacial score (nSPS) is 17.3. The zero-order valence-electron chi connectivity index (χ0n) is 14.5. The Morgan fingerprint density at radius 3 is 3.08 bits per heavy atom. The molecule has 1 aliphatic heterocycles. The molecule has 3 aromatic rings. The minimum Gasteiger partial charge on any atom is -0.340 e. The average molecular weight is 365 g/mol. The maximum atomic E-state index is 8.92. The fraction of sp³-hybridized carbons (Fsp3) is 0.333. The molecule has 7 nitrogen and oxygen atoms in total. The summed E-state index contributed by atoms with van der Waals surface area (Å²) in [5.74, 6) is 0.756. The number of imidazole rings is 1. The summed E-state index contributed by atoms with van der Waals surface area (Å²) < 4.78 is 1.98. The minimum atomic E-state index is 0.296. The van der Waals surface area contributed by atoms with Crippen molar-refractivity contribution in [3.05, 3.63) is 53.2 Å². The van der Waals surface area contributed by atoms with Crippen LogP contribution in [0.2, 0.25) is 0 Å². The summed E-state index contributed by atoms with van der Waals surface area (Å²) in [7, 11) is 1.99. The lowest BCUT2D eigenvalue weighted by molar-refractivity contribution is 0.242. The first-order chi connectivity index (χ1) is 12.7. The van der Waals surface area contributed by atoms with E-state index in [1.807, 2.05) is 30.1 Å². The Labute approximate surface area is 156 Å². The van der Waals surface area contributed by atoms with Gasteiger partial charge in [0, 0.05) is 19.8 Å². The number of aromatic nitrogens is 4. The first-order valence-corrected chi connectivity index (χ1v) is 9.34. The molecule has 132 valence electrons. The van der Waals surface area contributed by atoms with Gasteiger partial charge in [0.05, 0.1) is 30.0 Å². The van der Waals surface area contributed by atoms with Gasteiger partial charge in [0.1, 0.15) is 16.8 Å². The molecule has 0 saturated carbocycles. The van der Waals surface area contributed by atoms with E-state index in [9.17, 15) is 0 Å². The fourth-order valence-corrected chi connectivity index (χ4v) is 3.93. The fourth-order valence-electron chi connectivity index (χ4n) is 3.31. The topological polar surface area (TPSA) is 82.7 Å². The van der Waals surface area contributed by atoms with Crippen LogP contribution in [-0.4, -0.2) is 31.0 Å². The van der Waals surface area contributed by atoms with Crippen LogP contribution in [-0.2, 0) is 13.6 Å². The van der Waals surface area contributed by atoms with Crippen molar-refractivity contribution in [1.29, 1.82) is 5.26 Å². The second-order valence-electron chi connectivity index (χ2n) is 6.37. The SMILES string of the molecule is Cn1cnc(CN2CCC[C@H]2c2cccc(Nc3ncc(C#N)s3)n2)c1. The highest BCUT2D eigenvalue weighted by molar-refractivity contribution is 7.16. The summed E-state index contributed by atoms with van der Waals surface area (Å²) in [6.07, 6.45) is 7.74. The van der Waals surface area contributed by atoms with Crippen LogP contribution in [0.4, 0.5) is 10.9 Å². The summed E-state index contributed by atoms with van der Waals surface area (Å²) in [5.41, 5.74) is 2.14. The molecule has 3 aromatic heterocycles. The van der Waals surface area contributed by atoms with Gasteiger partial charge < -0.3 is 9.88 Å². The monoisotopic (exact) mass is 365 g/mol. The van der Waals surface area contributed by atoms with Crippen LogP contribution in [0, 0.1) is 11.3 Å². The number of hydrogen-bond donors (Lipinski definition) is 1. The van der Waals surface area contributed by atoms with Gasteiger partial charge >= 0.3 is 0 Å². The third-order valence-electron chi connectivity index (χ3n) is 4.45. The molecule has 0 unspecified atom stereocenters. The van der Waals surface area contributed by atoms with E-state index in [1.165, 1.54) is 11.3 Å². The molecule has 1 atom stereocenters. The first-order valence-electron chi connectivity index (χ1n) is 8.52. The molecule has 1 N–H and O–H groups in total. The van der Waals surface area contributed by atoms with Crippen molar-refractivity contribution in [3.63, 3.8) is 0 Å². The van der Waals surface area contributed by atoms with Crippen LogP contribution in [0.5, 0.6) is 0 Å². The van der Waals surface area contributed by atoms with Crippen molar-refractivity contribution in [2.45, 2.75) is 25.4 Å². The van der Waals surface area contributed by atoms with Crippen LogP contribution in [0.15, 0.2) is 36.9 Å². The molecule has 1 aliphatic rings. The molecule has 4 heterocycles. The number of pyridine rings is 1. The number of nitrogens with one attached hydrogen (secondary N) is 1. The number of rotatable bonds is 5. The highest BCUT2D eigenvalue weighted by Gasteiger charge is 2.27. The summed E-state index contributed by atoms with van der Waals surface area (Å²) in [6.45, 7) is 1.89. The van der Waals surface area contributed by atoms with Crippen LogP contribution >= 0.6 is 11.3 Å². The molecule has 4 rings (SSSR count). The maximum absolute atomic E-state index is 8.92. The standard InChI is InChI=1S/C18H19N7S/c1-24-10-13(21-12-24)11-25-7-3-5-16(25)15-4-2-6-17(22-15)23-18-20-9-14(8-19)26-18/h2,4,6,9-10,12,16H,3,5,7,11H2,1H3,(H,20,22,23)/t16-/m0/s1. The van der Waals surface area contributed by atoms with E-state index in [0.717, 1.165) is 43.1 Å². The lowest BCUT2D eigenvalue weighted by Gasteiger charge is -2.23. The van der Waals surface area contributed by atoms with E-state index >= 15 is 0 Å². The van der Waals surface area contributed by atoms with Gasteiger partial charge in [0.15, 0.2) is 5.13 Å². The Balaban J connectivity index is 1.50. The molecule has 1 saturated heterocycles. The van der Waals surface area contributed by atoms with Crippen LogP contribution in [0.25, 0.3) is 0 Å². The predicted molar refractivity (Wildman–Crippen MR) is 99.9 cm³/mol. The third kappa shape index (κ3) is 3.59. The summed E-state index contributed by atoms with van der Waals surface area (Å²) >= 11 is 1.33. The van der Waals surface area contributed by atoms with Gasteiger partial charge in [-0.05, 0) is 31.5 Å². The Kier molecular flexibility index (Phi) is 4.65. The van der Waals surface area contributed by atoms with E-state index in [4.69, 9.17) is 10.2 Å². The van der Waals surface area contributed by atoms with Crippen LogP contribution in [0.1, 0.15) is 35.1 Å². The van der Waals surface area contributed by atoms with Gasteiger partial charge in [0.25, 0.3) is 0 Å². The van der Waals surface area contributed by atoms with E-state index in [1.54, 1.807) is 6.20 Å². The lowest BCUT2D eigenvalue weighted by Crippen LogP contribution is -2.23. The number of thiazole rings is 1. The van der Waals surface area contributed by atoms with E-state index < -0.39 is 0 Å². The molecule has 8 heteroatoms. The van der Waals surface area contributed by atoms with Crippen molar-refractivity contribution in [2.24, 2.45) is 7.05 Å². The Morgan fingerprint density at radius 2 is 2.31 bits per heavy atom. The third-order valence-corrected chi connectivity index (χ3v) is 5.27. The Bertz CT molecular complexity index is 939. The summed E-state index contributed by atoms with van der Waals surface area (Å²) in [5, 5.41) is 12.8. The predicted octanol–water partition coefficient (Wildman–Crippen LogP) is 3.22. The second-order valence-corrected chi connectivity index (χ2v) is 7.40. The molecule has 0 aliphatic carbocycles. The number of anilines is 2. The molecule has 1 fully saturated rings. The maximum Gasteiger partial charge on any atom is 0.189 e. The number of hydrogen-bond acceptors (Lipinski definition) is 7. The van der Waals surface area contributed by atoms with Gasteiger partial charge in [-0.3, -0.25) is 4.90 Å². The van der Waals surface area contributed by atoms with Gasteiger partial charge in [-0.15, -0.1) is 0 Å². The molecule has 26 heavy (non-hydrogen) atoms. The summed E-state index contributed by atoms with van der Waals surface area (Å²) in [4.78, 5) is 16.5. The first kappa shape index (κ1) is 16.7. The summed E-state index contributed by atoms with van der Waals surface area (Å²) in [6, 6.07) is 8.42. The number of likely N-dealkylation sites (tertiary alicyclic amines) is 1. The molecular weight excluding hydrogens is 346 g/mol. The van der Waals surface area contributed by atoms with E-state index in [-0.39, 0.29) is 0 Å². The number of nitrogens with zero attached hydrogens (tertiary/aromatic N) is 6. The Morgan fingerprint density at radius 1 is 1.38 bits per heavy atom. The van der Waals surface area contributed by atoms with E-state index in [2.05, 4.69) is 38.5 Å². The van der Waals surface area contributed by atoms with Gasteiger partial charge in [-0.2, -0.15) is 5.26 Å². The van der Waals surface area contributed by atoms with Crippen molar-refractivity contribution in [3.8, 4) is 6.07 Å². The van der Waals surface area contributed by atoms with Gasteiger partial charge in [-0.1, -0.05) is 17.4 Å². The van der Waals surface area contributed by atoms with Crippen molar-refractivity contribution in [1.82, 2.24) is 24.4 Å². The van der Waals surface area contributed by atoms with Gasteiger partial charge in [0.2, 0.25) is 0 Å². The minimum absolute atomic E-state index is 0.296. The van der Waals surface area contributed by atoms with E-state index in [0.29, 0.717) is 16.1 Å². The van der Waals surface area contributed by atoms with Crippen molar-refractivity contribution < 1.29 is 0 Å². The highest BCUT2D eigenvalue weighted by atomic mass is 32.1. The number of aryl methyl sites for hydroxylation is 1. The molecule has 0 bridgehead atoms. The smallest absolute Gasteiger partial charge is 0.189 e. The van der Waals surface area contributed by atoms with Crippen LogP contribution < -0.4 is 5.32 Å². The van der Waals surface area contributed by atoms with Crippen molar-refractivity contribution >= 4 is 22.3 Å². The zero-order valence-corrected chi connectivity index (χ0v) is 15.3. The zero-order chi connectivity index (χ0) is 17.9. The molecule has 0 aromatic carbocycles. The number of nitriles is 1. The van der Waals surface area contributed by atoms with Crippen molar-refractivity contribution in [2.75, 3.05) is 11.9 Å². The molecular formula is C18H19N7S.